The van der Waals surface area contributed by atoms with Crippen LogP contribution in [0.5, 0.6) is 0 Å². The zero-order valence-corrected chi connectivity index (χ0v) is 8.60. The van der Waals surface area contributed by atoms with Gasteiger partial charge in [0, 0.05) is 17.1 Å². The van der Waals surface area contributed by atoms with Crippen molar-refractivity contribution in [2.75, 3.05) is 0 Å². The summed E-state index contributed by atoms with van der Waals surface area (Å²) in [6, 6.07) is 0. The van der Waals surface area contributed by atoms with Crippen LogP contribution >= 0.6 is 0 Å². The van der Waals surface area contributed by atoms with Crippen LogP contribution in [0.3, 0.4) is 0 Å². The molecule has 43 valence electrons. The molecule has 0 aliphatic carbocycles. The van der Waals surface area contributed by atoms with Gasteiger partial charge in [0.2, 0.25) is 0 Å². The van der Waals surface area contributed by atoms with Gasteiger partial charge in [-0.1, -0.05) is 0 Å². The molecule has 0 spiro atoms. The van der Waals surface area contributed by atoms with Crippen LogP contribution in [0.1, 0.15) is 0 Å². The Morgan fingerprint density at radius 3 is 0.833 bits per heavy atom. The van der Waals surface area contributed by atoms with Gasteiger partial charge in [-0.2, -0.15) is 0 Å². The van der Waals surface area contributed by atoms with E-state index in [9.17, 15) is 0 Å². The van der Waals surface area contributed by atoms with Gasteiger partial charge in [-0.05, 0) is 0 Å². The first-order valence-electron chi connectivity index (χ1n) is 2.00. The van der Waals surface area contributed by atoms with Crippen LogP contribution in [0, 0.1) is 0 Å². The van der Waals surface area contributed by atoms with Gasteiger partial charge in [0.05, 0.1) is 0 Å². The Labute approximate surface area is 55.0 Å². The van der Waals surface area contributed by atoms with Gasteiger partial charge in [0.25, 0.3) is 0 Å². The number of rotatable bonds is 0. The fourth-order valence-electron chi connectivity index (χ4n) is 0. The first-order valence-corrected chi connectivity index (χ1v) is 13.4. The molecule has 0 fully saturated rings. The molecule has 0 amide bonds. The van der Waals surface area contributed by atoms with E-state index in [0.29, 0.717) is 0 Å². The molecular formula is C4H12CuSn. The number of hydrogen-bond donors (Lipinski definition) is 0. The maximum absolute atomic E-state index is 2.40. The molecular weight excluding hydrogens is 230 g/mol. The summed E-state index contributed by atoms with van der Waals surface area (Å²) < 4.78 is 0. The van der Waals surface area contributed by atoms with Gasteiger partial charge < -0.3 is 0 Å². The van der Waals surface area contributed by atoms with Crippen molar-refractivity contribution in [1.29, 1.82) is 0 Å². The van der Waals surface area contributed by atoms with Crippen molar-refractivity contribution in [2.45, 2.75) is 19.8 Å². The van der Waals surface area contributed by atoms with Crippen molar-refractivity contribution >= 4 is 18.4 Å². The van der Waals surface area contributed by atoms with Crippen LogP contribution in [-0.4, -0.2) is 18.4 Å². The topological polar surface area (TPSA) is 0 Å². The van der Waals surface area contributed by atoms with Crippen LogP contribution in [-0.2, 0) is 17.1 Å². The smallest absolute Gasteiger partial charge is 0 e. The molecule has 0 atom stereocenters. The summed E-state index contributed by atoms with van der Waals surface area (Å²) in [6.45, 7) is 0. The van der Waals surface area contributed by atoms with Crippen molar-refractivity contribution < 1.29 is 17.1 Å². The van der Waals surface area contributed by atoms with Crippen molar-refractivity contribution in [2.24, 2.45) is 0 Å². The molecule has 0 aromatic heterocycles. The van der Waals surface area contributed by atoms with Crippen molar-refractivity contribution in [3.05, 3.63) is 0 Å². The molecule has 0 aliphatic heterocycles. The molecule has 0 saturated heterocycles. The Hall–Kier alpha value is 1.32. The molecule has 0 unspecified atom stereocenters. The van der Waals surface area contributed by atoms with Crippen molar-refractivity contribution in [3.63, 3.8) is 0 Å². The van der Waals surface area contributed by atoms with Crippen LogP contribution in [0.25, 0.3) is 0 Å². The number of hydrogen-bond acceptors (Lipinski definition) is 0. The predicted molar refractivity (Wildman–Crippen MR) is 29.2 cm³/mol. The zero-order chi connectivity index (χ0) is 4.50. The molecule has 0 aliphatic rings. The van der Waals surface area contributed by atoms with Gasteiger partial charge in [0.1, 0.15) is 0 Å². The second-order valence-electron chi connectivity index (χ2n) is 3.00. The third kappa shape index (κ3) is 57.1. The van der Waals surface area contributed by atoms with E-state index in [0.717, 1.165) is 0 Å². The third-order valence-electron chi connectivity index (χ3n) is 0. The minimum absolute atomic E-state index is 0. The first-order chi connectivity index (χ1) is 2.00. The van der Waals surface area contributed by atoms with Crippen LogP contribution < -0.4 is 0 Å². The summed E-state index contributed by atoms with van der Waals surface area (Å²) in [5.41, 5.74) is 0. The van der Waals surface area contributed by atoms with E-state index < -0.39 is 18.4 Å². The SMILES string of the molecule is [CH3][Sn]([CH3])([CH3])[CH3].[Cu]. The van der Waals surface area contributed by atoms with E-state index in [-0.39, 0.29) is 17.1 Å². The molecule has 0 nitrogen and oxygen atoms in total. The molecule has 6 heavy (non-hydrogen) atoms. The normalized spacial score (nSPS) is 10.0. The second kappa shape index (κ2) is 3.34. The van der Waals surface area contributed by atoms with Crippen LogP contribution in [0.4, 0.5) is 0 Å². The fourth-order valence-corrected chi connectivity index (χ4v) is 0. The molecule has 0 bridgehead atoms. The quantitative estimate of drug-likeness (QED) is 0.570. The molecule has 0 saturated carbocycles. The summed E-state index contributed by atoms with van der Waals surface area (Å²) in [6.07, 6.45) is 0. The second-order valence-corrected chi connectivity index (χ2v) is 20.1. The Morgan fingerprint density at radius 2 is 0.833 bits per heavy atom. The summed E-state index contributed by atoms with van der Waals surface area (Å²) in [7, 11) is 0. The van der Waals surface area contributed by atoms with Gasteiger partial charge in [0.15, 0.2) is 0 Å². The van der Waals surface area contributed by atoms with Gasteiger partial charge >= 0.3 is 38.1 Å². The van der Waals surface area contributed by atoms with Crippen LogP contribution in [0.15, 0.2) is 0 Å². The monoisotopic (exact) mass is 243 g/mol. The average molecular weight is 242 g/mol. The Bertz CT molecular complexity index is 23.0. The van der Waals surface area contributed by atoms with Crippen molar-refractivity contribution in [1.82, 2.24) is 0 Å². The third-order valence-corrected chi connectivity index (χ3v) is 0. The van der Waals surface area contributed by atoms with Crippen LogP contribution in [0.2, 0.25) is 19.8 Å². The van der Waals surface area contributed by atoms with E-state index in [2.05, 4.69) is 19.8 Å². The zero-order valence-electron chi connectivity index (χ0n) is 4.80. The summed E-state index contributed by atoms with van der Waals surface area (Å²) in [5.74, 6) is 0. The maximum atomic E-state index is 2.40. The molecule has 2 heteroatoms. The van der Waals surface area contributed by atoms with Gasteiger partial charge in [-0.25, -0.2) is 0 Å². The molecule has 0 rings (SSSR count). The van der Waals surface area contributed by atoms with E-state index in [4.69, 9.17) is 0 Å². The predicted octanol–water partition coefficient (Wildman–Crippen LogP) is 1.95. The summed E-state index contributed by atoms with van der Waals surface area (Å²) in [5, 5.41) is 0. The molecule has 0 heterocycles. The van der Waals surface area contributed by atoms with E-state index in [1.54, 1.807) is 0 Å². The van der Waals surface area contributed by atoms with Gasteiger partial charge in [-0.15, -0.1) is 0 Å². The molecule has 0 aromatic carbocycles. The Morgan fingerprint density at radius 1 is 0.833 bits per heavy atom. The summed E-state index contributed by atoms with van der Waals surface area (Å²) >= 11 is -1.18. The van der Waals surface area contributed by atoms with E-state index in [1.165, 1.54) is 0 Å². The maximum Gasteiger partial charge on any atom is 0 e. The van der Waals surface area contributed by atoms with Gasteiger partial charge in [-0.3, -0.25) is 0 Å². The molecule has 1 radical (unpaired) electrons. The molecule has 0 aromatic rings. The van der Waals surface area contributed by atoms with E-state index >= 15 is 0 Å². The standard InChI is InChI=1S/4CH3.Cu.Sn/h4*1H3;;. The first kappa shape index (κ1) is 10.3. The summed E-state index contributed by atoms with van der Waals surface area (Å²) in [4.78, 5) is 9.59. The Kier molecular flexibility index (Phi) is 5.74. The van der Waals surface area contributed by atoms with E-state index in [1.807, 2.05) is 0 Å². The minimum atomic E-state index is -1.18. The fraction of sp³-hybridized carbons (Fsp3) is 1.00. The largest absolute Gasteiger partial charge is 0 e. The van der Waals surface area contributed by atoms with Crippen molar-refractivity contribution in [3.8, 4) is 0 Å². The molecule has 0 N–H and O–H groups in total. The Balaban J connectivity index is 0. The average Bonchev–Trinajstić information content (AvgIpc) is 0.722. The minimum Gasteiger partial charge on any atom is 0 e.